The second kappa shape index (κ2) is 6.88. The van der Waals surface area contributed by atoms with Crippen molar-refractivity contribution in [3.8, 4) is 0 Å². The fourth-order valence-electron chi connectivity index (χ4n) is 4.32. The molecule has 0 aromatic carbocycles. The molecule has 2 nitrogen and oxygen atoms in total. The van der Waals surface area contributed by atoms with E-state index in [1.165, 1.54) is 57.8 Å². The lowest BCUT2D eigenvalue weighted by molar-refractivity contribution is -0.120. The predicted molar refractivity (Wildman–Crippen MR) is 80.2 cm³/mol. The number of aldehydes is 1. The van der Waals surface area contributed by atoms with E-state index in [1.54, 1.807) is 0 Å². The summed E-state index contributed by atoms with van der Waals surface area (Å²) in [6.07, 6.45) is 12.7. The number of carbonyl (C=O) groups is 1. The SMILES string of the molecule is CCCC1CCCCN1CC1(C=O)CCCC(C)C1. The van der Waals surface area contributed by atoms with Gasteiger partial charge in [-0.05, 0) is 44.6 Å². The van der Waals surface area contributed by atoms with Crippen LogP contribution in [0.25, 0.3) is 0 Å². The molecule has 0 aromatic heterocycles. The Kier molecular flexibility index (Phi) is 5.44. The first-order chi connectivity index (χ1) is 9.19. The monoisotopic (exact) mass is 265 g/mol. The van der Waals surface area contributed by atoms with Gasteiger partial charge in [-0.15, -0.1) is 0 Å². The highest BCUT2D eigenvalue weighted by Crippen LogP contribution is 2.39. The third-order valence-electron chi connectivity index (χ3n) is 5.27. The van der Waals surface area contributed by atoms with Gasteiger partial charge in [0.25, 0.3) is 0 Å². The van der Waals surface area contributed by atoms with E-state index in [9.17, 15) is 4.79 Å². The molecule has 0 N–H and O–H groups in total. The molecule has 2 rings (SSSR count). The Balaban J connectivity index is 2.01. The van der Waals surface area contributed by atoms with Crippen molar-refractivity contribution >= 4 is 6.29 Å². The molecular formula is C17H31NO. The second-order valence-electron chi connectivity index (χ2n) is 7.09. The number of hydrogen-bond acceptors (Lipinski definition) is 2. The summed E-state index contributed by atoms with van der Waals surface area (Å²) in [5, 5.41) is 0. The minimum absolute atomic E-state index is 0.0268. The minimum Gasteiger partial charge on any atom is -0.303 e. The molecule has 0 radical (unpaired) electrons. The summed E-state index contributed by atoms with van der Waals surface area (Å²) in [4.78, 5) is 14.4. The maximum Gasteiger partial charge on any atom is 0.127 e. The van der Waals surface area contributed by atoms with Crippen LogP contribution in [0.4, 0.5) is 0 Å². The molecule has 1 heterocycles. The smallest absolute Gasteiger partial charge is 0.127 e. The number of likely N-dealkylation sites (tertiary alicyclic amines) is 1. The van der Waals surface area contributed by atoms with E-state index in [-0.39, 0.29) is 5.41 Å². The van der Waals surface area contributed by atoms with Crippen LogP contribution in [0.1, 0.15) is 71.6 Å². The van der Waals surface area contributed by atoms with Crippen molar-refractivity contribution in [3.05, 3.63) is 0 Å². The molecule has 3 unspecified atom stereocenters. The van der Waals surface area contributed by atoms with Crippen LogP contribution in [-0.4, -0.2) is 30.3 Å². The lowest BCUT2D eigenvalue weighted by atomic mass is 9.70. The van der Waals surface area contributed by atoms with Gasteiger partial charge in [0.15, 0.2) is 0 Å². The van der Waals surface area contributed by atoms with Crippen LogP contribution in [0, 0.1) is 11.3 Å². The number of piperidine rings is 1. The van der Waals surface area contributed by atoms with Gasteiger partial charge in [-0.3, -0.25) is 4.90 Å². The Morgan fingerprint density at radius 1 is 1.26 bits per heavy atom. The van der Waals surface area contributed by atoms with Crippen molar-refractivity contribution in [3.63, 3.8) is 0 Å². The normalized spacial score (nSPS) is 37.2. The van der Waals surface area contributed by atoms with Crippen molar-refractivity contribution in [2.45, 2.75) is 77.7 Å². The average molecular weight is 265 g/mol. The first-order valence-corrected chi connectivity index (χ1v) is 8.39. The average Bonchev–Trinajstić information content (AvgIpc) is 2.41. The molecule has 1 aliphatic heterocycles. The molecule has 2 aliphatic rings. The molecule has 110 valence electrons. The largest absolute Gasteiger partial charge is 0.303 e. The van der Waals surface area contributed by atoms with Crippen LogP contribution in [0.5, 0.6) is 0 Å². The summed E-state index contributed by atoms with van der Waals surface area (Å²) in [5.41, 5.74) is -0.0268. The van der Waals surface area contributed by atoms with Gasteiger partial charge < -0.3 is 4.79 Å². The Bertz CT molecular complexity index is 289. The summed E-state index contributed by atoms with van der Waals surface area (Å²) in [6.45, 7) is 6.85. The first-order valence-electron chi connectivity index (χ1n) is 8.39. The van der Waals surface area contributed by atoms with E-state index in [0.29, 0.717) is 0 Å². The van der Waals surface area contributed by atoms with Crippen LogP contribution in [0.2, 0.25) is 0 Å². The summed E-state index contributed by atoms with van der Waals surface area (Å²) in [7, 11) is 0. The topological polar surface area (TPSA) is 20.3 Å². The molecule has 1 aliphatic carbocycles. The van der Waals surface area contributed by atoms with Gasteiger partial charge in [-0.25, -0.2) is 0 Å². The molecule has 0 aromatic rings. The van der Waals surface area contributed by atoms with Gasteiger partial charge in [0.05, 0.1) is 0 Å². The number of carbonyl (C=O) groups excluding carboxylic acids is 1. The molecule has 0 spiro atoms. The highest BCUT2D eigenvalue weighted by molar-refractivity contribution is 5.60. The van der Waals surface area contributed by atoms with Gasteiger partial charge >= 0.3 is 0 Å². The van der Waals surface area contributed by atoms with Crippen molar-refractivity contribution in [2.24, 2.45) is 11.3 Å². The quantitative estimate of drug-likeness (QED) is 0.699. The summed E-state index contributed by atoms with van der Waals surface area (Å²) in [5.74, 6) is 0.730. The first kappa shape index (κ1) is 15.0. The molecule has 19 heavy (non-hydrogen) atoms. The Morgan fingerprint density at radius 3 is 2.79 bits per heavy atom. The third kappa shape index (κ3) is 3.81. The summed E-state index contributed by atoms with van der Waals surface area (Å²) in [6, 6.07) is 0.743. The van der Waals surface area contributed by atoms with E-state index in [1.807, 2.05) is 0 Å². The molecule has 2 fully saturated rings. The molecule has 0 amide bonds. The minimum atomic E-state index is -0.0268. The summed E-state index contributed by atoms with van der Waals surface area (Å²) < 4.78 is 0. The fourth-order valence-corrected chi connectivity index (χ4v) is 4.32. The second-order valence-corrected chi connectivity index (χ2v) is 7.09. The van der Waals surface area contributed by atoms with Gasteiger partial charge in [-0.1, -0.05) is 39.5 Å². The van der Waals surface area contributed by atoms with Gasteiger partial charge in [0, 0.05) is 18.0 Å². The Hall–Kier alpha value is -0.370. The van der Waals surface area contributed by atoms with E-state index >= 15 is 0 Å². The van der Waals surface area contributed by atoms with E-state index < -0.39 is 0 Å². The van der Waals surface area contributed by atoms with Crippen LogP contribution >= 0.6 is 0 Å². The number of hydrogen-bond donors (Lipinski definition) is 0. The molecular weight excluding hydrogens is 234 g/mol. The number of rotatable bonds is 5. The van der Waals surface area contributed by atoms with Crippen molar-refractivity contribution in [1.82, 2.24) is 4.90 Å². The fraction of sp³-hybridized carbons (Fsp3) is 0.941. The van der Waals surface area contributed by atoms with E-state index in [0.717, 1.165) is 31.3 Å². The van der Waals surface area contributed by atoms with Gasteiger partial charge in [-0.2, -0.15) is 0 Å². The van der Waals surface area contributed by atoms with E-state index in [2.05, 4.69) is 18.7 Å². The van der Waals surface area contributed by atoms with Crippen molar-refractivity contribution in [1.29, 1.82) is 0 Å². The zero-order valence-corrected chi connectivity index (χ0v) is 12.9. The molecule has 1 saturated heterocycles. The highest BCUT2D eigenvalue weighted by Gasteiger charge is 2.38. The molecule has 3 atom stereocenters. The van der Waals surface area contributed by atoms with Gasteiger partial charge in [0.2, 0.25) is 0 Å². The highest BCUT2D eigenvalue weighted by atomic mass is 16.1. The maximum atomic E-state index is 11.7. The molecule has 1 saturated carbocycles. The van der Waals surface area contributed by atoms with Crippen LogP contribution in [0.15, 0.2) is 0 Å². The van der Waals surface area contributed by atoms with Crippen LogP contribution in [0.3, 0.4) is 0 Å². The standard InChI is InChI=1S/C17H31NO/c1-3-7-16-9-4-5-11-18(16)13-17(14-19)10-6-8-15(2)12-17/h14-16H,3-13H2,1-2H3. The molecule has 0 bridgehead atoms. The predicted octanol–water partition coefficient (Wildman–Crippen LogP) is 4.04. The molecule has 2 heteroatoms. The van der Waals surface area contributed by atoms with Crippen molar-refractivity contribution in [2.75, 3.05) is 13.1 Å². The van der Waals surface area contributed by atoms with Crippen LogP contribution in [-0.2, 0) is 4.79 Å². The van der Waals surface area contributed by atoms with Crippen LogP contribution < -0.4 is 0 Å². The number of nitrogens with zero attached hydrogens (tertiary/aromatic N) is 1. The van der Waals surface area contributed by atoms with Crippen molar-refractivity contribution < 1.29 is 4.79 Å². The lowest BCUT2D eigenvalue weighted by Gasteiger charge is -2.44. The van der Waals surface area contributed by atoms with E-state index in [4.69, 9.17) is 0 Å². The summed E-state index contributed by atoms with van der Waals surface area (Å²) >= 11 is 0. The van der Waals surface area contributed by atoms with Gasteiger partial charge in [0.1, 0.15) is 6.29 Å². The zero-order chi connectivity index (χ0) is 13.7. The Morgan fingerprint density at radius 2 is 2.11 bits per heavy atom. The maximum absolute atomic E-state index is 11.7. The zero-order valence-electron chi connectivity index (χ0n) is 12.9. The lowest BCUT2D eigenvalue weighted by Crippen LogP contribution is -2.48. The third-order valence-corrected chi connectivity index (χ3v) is 5.27. The Labute approximate surface area is 118 Å².